The molecule has 0 aromatic heterocycles. The summed E-state index contributed by atoms with van der Waals surface area (Å²) in [5.74, 6) is 0. The quantitative estimate of drug-likeness (QED) is 0.470. The van der Waals surface area contributed by atoms with Crippen molar-refractivity contribution in [3.05, 3.63) is 0 Å². The summed E-state index contributed by atoms with van der Waals surface area (Å²) in [6.07, 6.45) is 12.2. The standard InChI is InChI=1S/3C5H12/c3*1-3-5-4-2/h3*3-5H2,1-2H3. The molecule has 0 heteroatoms. The van der Waals surface area contributed by atoms with Gasteiger partial charge in [0, 0.05) is 0 Å². The number of hydrogen-bond donors (Lipinski definition) is 0. The largest absolute Gasteiger partial charge is 0.0654 e. The molecule has 0 aliphatic rings. The predicted molar refractivity (Wildman–Crippen MR) is 75.6 cm³/mol. The Balaban J connectivity index is -0.000000144. The lowest BCUT2D eigenvalue weighted by Crippen LogP contribution is -1.59. The first-order chi connectivity index (χ1) is 7.24. The van der Waals surface area contributed by atoms with Gasteiger partial charge in [-0.25, -0.2) is 0 Å². The van der Waals surface area contributed by atoms with Crippen molar-refractivity contribution in [2.24, 2.45) is 0 Å². The van der Waals surface area contributed by atoms with Crippen molar-refractivity contribution >= 4 is 0 Å². The van der Waals surface area contributed by atoms with Gasteiger partial charge in [0.05, 0.1) is 0 Å². The zero-order chi connectivity index (χ0) is 12.4. The van der Waals surface area contributed by atoms with Gasteiger partial charge in [-0.05, 0) is 0 Å². The van der Waals surface area contributed by atoms with Gasteiger partial charge in [-0.3, -0.25) is 0 Å². The van der Waals surface area contributed by atoms with Crippen LogP contribution in [0.5, 0.6) is 0 Å². The minimum Gasteiger partial charge on any atom is -0.0654 e. The van der Waals surface area contributed by atoms with Crippen molar-refractivity contribution in [3.8, 4) is 0 Å². The normalized spacial score (nSPS) is 8.40. The maximum absolute atomic E-state index is 2.21. The predicted octanol–water partition coefficient (Wildman–Crippen LogP) is 6.59. The van der Waals surface area contributed by atoms with Gasteiger partial charge < -0.3 is 0 Å². The highest BCUT2D eigenvalue weighted by molar-refractivity contribution is 4.25. The maximum atomic E-state index is 2.21. The Morgan fingerprint density at radius 2 is 0.467 bits per heavy atom. The molecule has 0 N–H and O–H groups in total. The second kappa shape index (κ2) is 29.2. The summed E-state index contributed by atoms with van der Waals surface area (Å²) < 4.78 is 0. The Morgan fingerprint density at radius 3 is 0.467 bits per heavy atom. The summed E-state index contributed by atoms with van der Waals surface area (Å²) in [7, 11) is 0. The first kappa shape index (κ1) is 20.4. The highest BCUT2D eigenvalue weighted by Gasteiger charge is 1.69. The van der Waals surface area contributed by atoms with Crippen LogP contribution in [0.1, 0.15) is 99.3 Å². The van der Waals surface area contributed by atoms with E-state index in [9.17, 15) is 0 Å². The molecule has 0 saturated carbocycles. The SMILES string of the molecule is CCCCC.CCCCC.CCCCC. The fourth-order valence-corrected chi connectivity index (χ4v) is 1.06. The molecule has 0 spiro atoms. The average Bonchev–Trinajstić information content (AvgIpc) is 2.23. The fourth-order valence-electron chi connectivity index (χ4n) is 1.06. The molecule has 0 rings (SSSR count). The molecule has 96 valence electrons. The van der Waals surface area contributed by atoms with E-state index >= 15 is 0 Å². The van der Waals surface area contributed by atoms with Crippen LogP contribution < -0.4 is 0 Å². The van der Waals surface area contributed by atoms with E-state index in [-0.39, 0.29) is 0 Å². The van der Waals surface area contributed by atoms with E-state index in [0.717, 1.165) is 0 Å². The monoisotopic (exact) mass is 216 g/mol. The Hall–Kier alpha value is 0. The van der Waals surface area contributed by atoms with E-state index in [2.05, 4.69) is 41.5 Å². The van der Waals surface area contributed by atoms with E-state index in [0.29, 0.717) is 0 Å². The second-order valence-corrected chi connectivity index (χ2v) is 4.06. The summed E-state index contributed by atoms with van der Waals surface area (Å²) >= 11 is 0. The molecule has 0 aliphatic carbocycles. The van der Waals surface area contributed by atoms with Gasteiger partial charge in [0.2, 0.25) is 0 Å². The topological polar surface area (TPSA) is 0 Å². The average molecular weight is 216 g/mol. The van der Waals surface area contributed by atoms with Gasteiger partial charge in [0.1, 0.15) is 0 Å². The van der Waals surface area contributed by atoms with E-state index in [1.54, 1.807) is 0 Å². The van der Waals surface area contributed by atoms with Crippen LogP contribution >= 0.6 is 0 Å². The highest BCUT2D eigenvalue weighted by Crippen LogP contribution is 1.89. The first-order valence-corrected chi connectivity index (χ1v) is 7.24. The smallest absolute Gasteiger partial charge is 0.0538 e. The molecular formula is C15H36. The van der Waals surface area contributed by atoms with E-state index in [4.69, 9.17) is 0 Å². The number of rotatable bonds is 6. The summed E-state index contributed by atoms with van der Waals surface area (Å²) in [6, 6.07) is 0. The van der Waals surface area contributed by atoms with Crippen LogP contribution in [0.3, 0.4) is 0 Å². The lowest BCUT2D eigenvalue weighted by atomic mass is 10.3. The van der Waals surface area contributed by atoms with Crippen molar-refractivity contribution < 1.29 is 0 Å². The summed E-state index contributed by atoms with van der Waals surface area (Å²) in [5.41, 5.74) is 0. The molecule has 0 aromatic rings. The molecule has 0 bridgehead atoms. The van der Waals surface area contributed by atoms with Crippen molar-refractivity contribution in [2.75, 3.05) is 0 Å². The molecular weight excluding hydrogens is 180 g/mol. The van der Waals surface area contributed by atoms with Gasteiger partial charge in [-0.2, -0.15) is 0 Å². The molecule has 0 heterocycles. The van der Waals surface area contributed by atoms with E-state index < -0.39 is 0 Å². The summed E-state index contributed by atoms with van der Waals surface area (Å²) in [6.45, 7) is 13.3. The van der Waals surface area contributed by atoms with Gasteiger partial charge in [-0.1, -0.05) is 99.3 Å². The Bertz CT molecular complexity index is 36.8. The van der Waals surface area contributed by atoms with E-state index in [1.807, 2.05) is 0 Å². The fraction of sp³-hybridized carbons (Fsp3) is 1.00. The zero-order valence-corrected chi connectivity index (χ0v) is 12.4. The molecule has 15 heavy (non-hydrogen) atoms. The Kier molecular flexibility index (Phi) is 39.8. The van der Waals surface area contributed by atoms with Crippen LogP contribution in [0, 0.1) is 0 Å². The minimum atomic E-state index is 1.34. The lowest BCUT2D eigenvalue weighted by molar-refractivity contribution is 0.772. The third-order valence-electron chi connectivity index (χ3n) is 2.12. The minimum absolute atomic E-state index is 1.34. The van der Waals surface area contributed by atoms with Gasteiger partial charge >= 0.3 is 0 Å². The number of unbranched alkanes of at least 4 members (excludes halogenated alkanes) is 6. The molecule has 0 aromatic carbocycles. The molecule has 0 amide bonds. The molecule has 0 aliphatic heterocycles. The Labute approximate surface area is 99.9 Å². The van der Waals surface area contributed by atoms with Crippen LogP contribution in [-0.2, 0) is 0 Å². The Morgan fingerprint density at radius 1 is 0.333 bits per heavy atom. The second-order valence-electron chi connectivity index (χ2n) is 4.06. The maximum Gasteiger partial charge on any atom is -0.0538 e. The molecule has 0 fully saturated rings. The van der Waals surface area contributed by atoms with Crippen molar-refractivity contribution in [3.63, 3.8) is 0 Å². The van der Waals surface area contributed by atoms with Gasteiger partial charge in [-0.15, -0.1) is 0 Å². The van der Waals surface area contributed by atoms with Crippen molar-refractivity contribution in [1.29, 1.82) is 0 Å². The first-order valence-electron chi connectivity index (χ1n) is 7.24. The van der Waals surface area contributed by atoms with Crippen LogP contribution in [0.4, 0.5) is 0 Å². The van der Waals surface area contributed by atoms with Crippen LogP contribution in [0.25, 0.3) is 0 Å². The molecule has 0 atom stereocenters. The molecule has 0 saturated heterocycles. The zero-order valence-electron chi connectivity index (χ0n) is 12.4. The number of hydrogen-bond acceptors (Lipinski definition) is 0. The lowest BCUT2D eigenvalue weighted by Gasteiger charge is -1.79. The van der Waals surface area contributed by atoms with Crippen molar-refractivity contribution in [2.45, 2.75) is 99.3 Å². The summed E-state index contributed by atoms with van der Waals surface area (Å²) in [5, 5.41) is 0. The molecule has 0 radical (unpaired) electrons. The highest BCUT2D eigenvalue weighted by atomic mass is 13.8. The van der Waals surface area contributed by atoms with Gasteiger partial charge in [0.15, 0.2) is 0 Å². The van der Waals surface area contributed by atoms with E-state index in [1.165, 1.54) is 57.8 Å². The summed E-state index contributed by atoms with van der Waals surface area (Å²) in [4.78, 5) is 0. The van der Waals surface area contributed by atoms with Crippen LogP contribution in [0.15, 0.2) is 0 Å². The van der Waals surface area contributed by atoms with Crippen LogP contribution in [0.2, 0.25) is 0 Å². The third kappa shape index (κ3) is 56.0. The molecule has 0 unspecified atom stereocenters. The molecule has 0 nitrogen and oxygen atoms in total. The third-order valence-corrected chi connectivity index (χ3v) is 2.12. The van der Waals surface area contributed by atoms with Gasteiger partial charge in [0.25, 0.3) is 0 Å². The van der Waals surface area contributed by atoms with Crippen molar-refractivity contribution in [1.82, 2.24) is 0 Å². The van der Waals surface area contributed by atoms with Crippen LogP contribution in [-0.4, -0.2) is 0 Å².